The van der Waals surface area contributed by atoms with E-state index in [1.54, 1.807) is 0 Å². The molecule has 0 aliphatic rings. The fraction of sp³-hybridized carbons (Fsp3) is 0.412. The van der Waals surface area contributed by atoms with Gasteiger partial charge in [0.15, 0.2) is 5.82 Å². The molecule has 26 heavy (non-hydrogen) atoms. The van der Waals surface area contributed by atoms with Crippen LogP contribution in [0.5, 0.6) is 5.75 Å². The molecule has 2 N–H and O–H groups in total. The Morgan fingerprint density at radius 2 is 1.85 bits per heavy atom. The number of aromatic nitrogens is 5. The van der Waals surface area contributed by atoms with Crippen LogP contribution in [0, 0.1) is 0 Å². The van der Waals surface area contributed by atoms with Crippen LogP contribution in [0.15, 0.2) is 33.8 Å². The van der Waals surface area contributed by atoms with E-state index in [1.807, 2.05) is 19.1 Å². The number of aryl methyl sites for hydroxylation is 1. The fourth-order valence-corrected chi connectivity index (χ4v) is 2.93. The summed E-state index contributed by atoms with van der Waals surface area (Å²) in [5, 5.41) is 16.6. The van der Waals surface area contributed by atoms with E-state index in [0.717, 1.165) is 5.75 Å². The predicted octanol–water partition coefficient (Wildman–Crippen LogP) is 2.93. The van der Waals surface area contributed by atoms with Gasteiger partial charge in [0.1, 0.15) is 12.4 Å². The largest absolute Gasteiger partial charge is 0.486 e. The zero-order valence-corrected chi connectivity index (χ0v) is 15.9. The van der Waals surface area contributed by atoms with Crippen molar-refractivity contribution in [2.45, 2.75) is 50.6 Å². The second kappa shape index (κ2) is 8.22. The first-order valence-electron chi connectivity index (χ1n) is 8.43. The number of nitrogens with zero attached hydrogens (tertiary/aromatic N) is 5. The second-order valence-electron chi connectivity index (χ2n) is 6.01. The molecule has 0 aliphatic heterocycles. The molecule has 0 saturated carbocycles. The summed E-state index contributed by atoms with van der Waals surface area (Å²) >= 11 is 1.38. The standard InChI is InChI=1S/C17H22N6O2S/c1-4-15-20-21-16(25-15)10-26-17-22-19-14(23(17)18)9-24-13-7-5-12(6-8-13)11(2)3/h5-8,11H,4,9-10,18H2,1-3H3. The van der Waals surface area contributed by atoms with Gasteiger partial charge in [0.2, 0.25) is 16.9 Å². The normalized spacial score (nSPS) is 11.2. The van der Waals surface area contributed by atoms with E-state index in [-0.39, 0.29) is 6.61 Å². The van der Waals surface area contributed by atoms with Crippen molar-refractivity contribution >= 4 is 11.8 Å². The van der Waals surface area contributed by atoms with Crippen LogP contribution >= 0.6 is 11.8 Å². The molecule has 0 spiro atoms. The van der Waals surface area contributed by atoms with Gasteiger partial charge >= 0.3 is 0 Å². The van der Waals surface area contributed by atoms with Crippen molar-refractivity contribution in [3.8, 4) is 5.75 Å². The molecule has 0 bridgehead atoms. The lowest BCUT2D eigenvalue weighted by atomic mass is 10.0. The Morgan fingerprint density at radius 3 is 2.50 bits per heavy atom. The maximum atomic E-state index is 6.05. The van der Waals surface area contributed by atoms with Gasteiger partial charge in [-0.3, -0.25) is 0 Å². The third-order valence-corrected chi connectivity index (χ3v) is 4.71. The number of ether oxygens (including phenoxy) is 1. The molecule has 1 aromatic carbocycles. The van der Waals surface area contributed by atoms with Crippen molar-refractivity contribution in [1.82, 2.24) is 25.1 Å². The zero-order valence-electron chi connectivity index (χ0n) is 15.0. The number of rotatable bonds is 8. The Labute approximate surface area is 156 Å². The average molecular weight is 374 g/mol. The number of hydrogen-bond donors (Lipinski definition) is 1. The molecule has 0 fully saturated rings. The van der Waals surface area contributed by atoms with E-state index in [9.17, 15) is 0 Å². The lowest BCUT2D eigenvalue weighted by molar-refractivity contribution is 0.291. The summed E-state index contributed by atoms with van der Waals surface area (Å²) in [6.07, 6.45) is 0.713. The van der Waals surface area contributed by atoms with Crippen LogP contribution < -0.4 is 10.6 Å². The lowest BCUT2D eigenvalue weighted by Gasteiger charge is -2.08. The van der Waals surface area contributed by atoms with Crippen molar-refractivity contribution < 1.29 is 9.15 Å². The summed E-state index contributed by atoms with van der Waals surface area (Å²) in [4.78, 5) is 0. The van der Waals surface area contributed by atoms with Crippen LogP contribution in [-0.2, 0) is 18.8 Å². The Hall–Kier alpha value is -2.55. The number of benzene rings is 1. The van der Waals surface area contributed by atoms with E-state index in [2.05, 4.69) is 46.4 Å². The van der Waals surface area contributed by atoms with Crippen molar-refractivity contribution in [2.75, 3.05) is 5.84 Å². The second-order valence-corrected chi connectivity index (χ2v) is 6.96. The molecule has 138 valence electrons. The molecule has 0 unspecified atom stereocenters. The molecule has 0 aliphatic carbocycles. The predicted molar refractivity (Wildman–Crippen MR) is 98.3 cm³/mol. The molecule has 0 amide bonds. The Kier molecular flexibility index (Phi) is 5.77. The minimum Gasteiger partial charge on any atom is -0.486 e. The van der Waals surface area contributed by atoms with Crippen LogP contribution in [0.3, 0.4) is 0 Å². The van der Waals surface area contributed by atoms with Crippen molar-refractivity contribution in [3.05, 3.63) is 47.4 Å². The highest BCUT2D eigenvalue weighted by atomic mass is 32.2. The van der Waals surface area contributed by atoms with E-state index in [1.165, 1.54) is 22.0 Å². The quantitative estimate of drug-likeness (QED) is 0.474. The maximum Gasteiger partial charge on any atom is 0.226 e. The highest BCUT2D eigenvalue weighted by molar-refractivity contribution is 7.98. The first-order valence-corrected chi connectivity index (χ1v) is 9.41. The molecule has 8 nitrogen and oxygen atoms in total. The minimum absolute atomic E-state index is 0.242. The number of thioether (sulfide) groups is 1. The smallest absolute Gasteiger partial charge is 0.226 e. The Bertz CT molecular complexity index is 843. The molecule has 0 atom stereocenters. The van der Waals surface area contributed by atoms with Gasteiger partial charge in [-0.1, -0.05) is 44.7 Å². The highest BCUT2D eigenvalue weighted by Gasteiger charge is 2.13. The third-order valence-electron chi connectivity index (χ3n) is 3.79. The molecule has 2 aromatic heterocycles. The van der Waals surface area contributed by atoms with Gasteiger partial charge in [0.05, 0.1) is 5.75 Å². The summed E-state index contributed by atoms with van der Waals surface area (Å²) in [6.45, 7) is 6.52. The Balaban J connectivity index is 1.56. The van der Waals surface area contributed by atoms with Gasteiger partial charge in [0.25, 0.3) is 0 Å². The lowest BCUT2D eigenvalue weighted by Crippen LogP contribution is -2.15. The van der Waals surface area contributed by atoms with Gasteiger partial charge in [-0.05, 0) is 23.6 Å². The van der Waals surface area contributed by atoms with Crippen LogP contribution in [-0.4, -0.2) is 25.1 Å². The maximum absolute atomic E-state index is 6.05. The molecule has 3 rings (SSSR count). The monoisotopic (exact) mass is 374 g/mol. The topological polar surface area (TPSA) is 105 Å². The van der Waals surface area contributed by atoms with Gasteiger partial charge < -0.3 is 15.0 Å². The molecule has 3 aromatic rings. The van der Waals surface area contributed by atoms with Crippen molar-refractivity contribution in [2.24, 2.45) is 0 Å². The first kappa shape index (κ1) is 18.2. The third kappa shape index (κ3) is 4.34. The van der Waals surface area contributed by atoms with Crippen LogP contribution in [0.4, 0.5) is 0 Å². The van der Waals surface area contributed by atoms with E-state index < -0.39 is 0 Å². The van der Waals surface area contributed by atoms with Gasteiger partial charge in [-0.2, -0.15) is 0 Å². The number of nitrogen functional groups attached to an aromatic ring is 1. The van der Waals surface area contributed by atoms with E-state index in [4.69, 9.17) is 15.0 Å². The minimum atomic E-state index is 0.242. The summed E-state index contributed by atoms with van der Waals surface area (Å²) in [6, 6.07) is 8.01. The molecular weight excluding hydrogens is 352 g/mol. The molecular formula is C17H22N6O2S. The summed E-state index contributed by atoms with van der Waals surface area (Å²) in [5.41, 5.74) is 1.27. The molecule has 2 heterocycles. The van der Waals surface area contributed by atoms with Gasteiger partial charge in [0, 0.05) is 6.42 Å². The van der Waals surface area contributed by atoms with Crippen molar-refractivity contribution in [3.63, 3.8) is 0 Å². The summed E-state index contributed by atoms with van der Waals surface area (Å²) in [5.74, 6) is 9.49. The fourth-order valence-electron chi connectivity index (χ4n) is 2.22. The first-order chi connectivity index (χ1) is 12.6. The Morgan fingerprint density at radius 1 is 1.12 bits per heavy atom. The van der Waals surface area contributed by atoms with Crippen LogP contribution in [0.1, 0.15) is 49.9 Å². The molecule has 0 radical (unpaired) electrons. The SMILES string of the molecule is CCc1nnc(CSc2nnc(COc3ccc(C(C)C)cc3)n2N)o1. The summed E-state index contributed by atoms with van der Waals surface area (Å²) in [7, 11) is 0. The van der Waals surface area contributed by atoms with E-state index >= 15 is 0 Å². The van der Waals surface area contributed by atoms with Gasteiger partial charge in [-0.25, -0.2) is 4.68 Å². The van der Waals surface area contributed by atoms with Gasteiger partial charge in [-0.15, -0.1) is 20.4 Å². The highest BCUT2D eigenvalue weighted by Crippen LogP contribution is 2.21. The average Bonchev–Trinajstić information content (AvgIpc) is 3.25. The molecule has 9 heteroatoms. The number of hydrogen-bond acceptors (Lipinski definition) is 8. The van der Waals surface area contributed by atoms with E-state index in [0.29, 0.717) is 40.9 Å². The zero-order chi connectivity index (χ0) is 18.5. The van der Waals surface area contributed by atoms with Crippen molar-refractivity contribution in [1.29, 1.82) is 0 Å². The van der Waals surface area contributed by atoms with Crippen LogP contribution in [0.2, 0.25) is 0 Å². The summed E-state index contributed by atoms with van der Waals surface area (Å²) < 4.78 is 12.6. The molecule has 0 saturated heterocycles. The number of nitrogens with two attached hydrogens (primary N) is 1. The van der Waals surface area contributed by atoms with Crippen LogP contribution in [0.25, 0.3) is 0 Å².